The smallest absolute Gasteiger partial charge is 0.185 e. The van der Waals surface area contributed by atoms with Crippen LogP contribution in [0.15, 0.2) is 18.2 Å². The first-order valence-electron chi connectivity index (χ1n) is 6.48. The van der Waals surface area contributed by atoms with E-state index < -0.39 is 0 Å². The fraction of sp³-hybridized carbons (Fsp3) is 0.462. The number of hydrogen-bond donors (Lipinski definition) is 1. The molecular weight excluding hydrogens is 242 g/mol. The zero-order valence-electron chi connectivity index (χ0n) is 10.9. The van der Waals surface area contributed by atoms with Crippen LogP contribution < -0.4 is 10.5 Å². The first-order chi connectivity index (χ1) is 9.29. The van der Waals surface area contributed by atoms with Gasteiger partial charge in [-0.1, -0.05) is 18.9 Å². The molecule has 0 unspecified atom stereocenters. The standard InChI is InChI=1S/C13H17N5O/c1-19-12-10(3-2-4-11(12)14)13-15-16-17-18(13)8-7-9-5-6-9/h2-4,9H,5-8,14H2,1H3. The minimum absolute atomic E-state index is 0.594. The predicted octanol–water partition coefficient (Wildman–Crippen LogP) is 1.73. The molecule has 1 fully saturated rings. The molecule has 1 saturated carbocycles. The molecule has 19 heavy (non-hydrogen) atoms. The molecule has 6 nitrogen and oxygen atoms in total. The van der Waals surface area contributed by atoms with Crippen LogP contribution in [0.2, 0.25) is 0 Å². The van der Waals surface area contributed by atoms with Gasteiger partial charge in [0.05, 0.1) is 18.4 Å². The maximum atomic E-state index is 5.92. The molecule has 6 heteroatoms. The van der Waals surface area contributed by atoms with Crippen LogP contribution in [-0.4, -0.2) is 27.3 Å². The number of benzene rings is 1. The Kier molecular flexibility index (Phi) is 3.06. The molecule has 0 radical (unpaired) electrons. The first-order valence-corrected chi connectivity index (χ1v) is 6.48. The number of rotatable bonds is 5. The topological polar surface area (TPSA) is 78.8 Å². The van der Waals surface area contributed by atoms with E-state index in [0.717, 1.165) is 24.4 Å². The molecule has 2 aromatic rings. The average Bonchev–Trinajstić information content (AvgIpc) is 3.13. The molecule has 0 spiro atoms. The summed E-state index contributed by atoms with van der Waals surface area (Å²) >= 11 is 0. The van der Waals surface area contributed by atoms with Crippen molar-refractivity contribution in [1.29, 1.82) is 0 Å². The van der Waals surface area contributed by atoms with Gasteiger partial charge < -0.3 is 10.5 Å². The first kappa shape index (κ1) is 12.0. The van der Waals surface area contributed by atoms with Crippen molar-refractivity contribution < 1.29 is 4.74 Å². The van der Waals surface area contributed by atoms with E-state index in [1.54, 1.807) is 13.2 Å². The Labute approximate surface area is 111 Å². The normalized spacial score (nSPS) is 14.6. The Morgan fingerprint density at radius 3 is 3.00 bits per heavy atom. The van der Waals surface area contributed by atoms with E-state index in [4.69, 9.17) is 10.5 Å². The number of nitrogens with zero attached hydrogens (tertiary/aromatic N) is 4. The molecule has 0 amide bonds. The lowest BCUT2D eigenvalue weighted by molar-refractivity contribution is 0.417. The number of para-hydroxylation sites is 1. The number of nitrogens with two attached hydrogens (primary N) is 1. The van der Waals surface area contributed by atoms with Gasteiger partial charge in [-0.15, -0.1) is 5.10 Å². The van der Waals surface area contributed by atoms with Crippen LogP contribution >= 0.6 is 0 Å². The highest BCUT2D eigenvalue weighted by Crippen LogP contribution is 2.35. The molecule has 0 atom stereocenters. The highest BCUT2D eigenvalue weighted by atomic mass is 16.5. The molecule has 0 aliphatic heterocycles. The number of aromatic nitrogens is 4. The highest BCUT2D eigenvalue weighted by molar-refractivity contribution is 5.73. The van der Waals surface area contributed by atoms with Gasteiger partial charge in [-0.25, -0.2) is 4.68 Å². The van der Waals surface area contributed by atoms with Crippen LogP contribution in [0.25, 0.3) is 11.4 Å². The van der Waals surface area contributed by atoms with Crippen molar-refractivity contribution in [3.05, 3.63) is 18.2 Å². The number of tetrazole rings is 1. The van der Waals surface area contributed by atoms with E-state index in [0.29, 0.717) is 17.3 Å². The Balaban J connectivity index is 1.92. The predicted molar refractivity (Wildman–Crippen MR) is 71.6 cm³/mol. The zero-order chi connectivity index (χ0) is 13.2. The fourth-order valence-corrected chi connectivity index (χ4v) is 2.22. The van der Waals surface area contributed by atoms with Crippen molar-refractivity contribution >= 4 is 5.69 Å². The van der Waals surface area contributed by atoms with Gasteiger partial charge in [0, 0.05) is 6.54 Å². The summed E-state index contributed by atoms with van der Waals surface area (Å²) < 4.78 is 7.19. The quantitative estimate of drug-likeness (QED) is 0.827. The molecular formula is C13H17N5O. The lowest BCUT2D eigenvalue weighted by atomic mass is 10.1. The fourth-order valence-electron chi connectivity index (χ4n) is 2.22. The maximum absolute atomic E-state index is 5.92. The van der Waals surface area contributed by atoms with Gasteiger partial charge in [0.15, 0.2) is 11.6 Å². The molecule has 3 rings (SSSR count). The second kappa shape index (κ2) is 4.87. The summed E-state index contributed by atoms with van der Waals surface area (Å²) in [6, 6.07) is 5.61. The number of anilines is 1. The molecule has 2 N–H and O–H groups in total. The highest BCUT2D eigenvalue weighted by Gasteiger charge is 2.22. The van der Waals surface area contributed by atoms with Crippen LogP contribution in [0.5, 0.6) is 5.75 Å². The number of methoxy groups -OCH3 is 1. The van der Waals surface area contributed by atoms with Crippen LogP contribution in [0.4, 0.5) is 5.69 Å². The van der Waals surface area contributed by atoms with Crippen molar-refractivity contribution in [2.24, 2.45) is 5.92 Å². The van der Waals surface area contributed by atoms with Gasteiger partial charge in [0.2, 0.25) is 0 Å². The third-order valence-corrected chi connectivity index (χ3v) is 3.47. The lowest BCUT2D eigenvalue weighted by Crippen LogP contribution is -2.05. The summed E-state index contributed by atoms with van der Waals surface area (Å²) in [6.07, 6.45) is 3.79. The van der Waals surface area contributed by atoms with Crippen molar-refractivity contribution in [3.63, 3.8) is 0 Å². The van der Waals surface area contributed by atoms with Gasteiger partial charge in [0.25, 0.3) is 0 Å². The molecule has 1 aromatic heterocycles. The molecule has 1 aromatic carbocycles. The summed E-state index contributed by atoms with van der Waals surface area (Å²) in [6.45, 7) is 0.838. The van der Waals surface area contributed by atoms with Crippen molar-refractivity contribution in [2.45, 2.75) is 25.8 Å². The minimum atomic E-state index is 0.594. The Bertz CT molecular complexity index is 576. The van der Waals surface area contributed by atoms with E-state index in [1.807, 2.05) is 16.8 Å². The molecule has 0 saturated heterocycles. The number of aryl methyl sites for hydroxylation is 1. The van der Waals surface area contributed by atoms with Crippen LogP contribution in [0.1, 0.15) is 19.3 Å². The van der Waals surface area contributed by atoms with Gasteiger partial charge in [-0.2, -0.15) is 0 Å². The van der Waals surface area contributed by atoms with E-state index >= 15 is 0 Å². The van der Waals surface area contributed by atoms with E-state index in [-0.39, 0.29) is 0 Å². The van der Waals surface area contributed by atoms with Gasteiger partial charge in [-0.05, 0) is 34.9 Å². The number of ether oxygens (including phenoxy) is 1. The second-order valence-electron chi connectivity index (χ2n) is 4.89. The summed E-state index contributed by atoms with van der Waals surface area (Å²) in [7, 11) is 1.60. The van der Waals surface area contributed by atoms with E-state index in [2.05, 4.69) is 15.5 Å². The van der Waals surface area contributed by atoms with Crippen molar-refractivity contribution in [3.8, 4) is 17.1 Å². The SMILES string of the molecule is COc1c(N)cccc1-c1nnnn1CCC1CC1. The average molecular weight is 259 g/mol. The van der Waals surface area contributed by atoms with Gasteiger partial charge in [-0.3, -0.25) is 0 Å². The summed E-state index contributed by atoms with van der Waals surface area (Å²) in [4.78, 5) is 0. The van der Waals surface area contributed by atoms with Crippen molar-refractivity contribution in [1.82, 2.24) is 20.2 Å². The third kappa shape index (κ3) is 2.38. The Morgan fingerprint density at radius 2 is 2.26 bits per heavy atom. The maximum Gasteiger partial charge on any atom is 0.185 e. The minimum Gasteiger partial charge on any atom is -0.494 e. The summed E-state index contributed by atoms with van der Waals surface area (Å²) in [5, 5.41) is 11.9. The van der Waals surface area contributed by atoms with E-state index in [9.17, 15) is 0 Å². The Hall–Kier alpha value is -2.11. The monoisotopic (exact) mass is 259 g/mol. The number of nitrogen functional groups attached to an aromatic ring is 1. The summed E-state index contributed by atoms with van der Waals surface area (Å²) in [5.74, 6) is 2.19. The molecule has 1 aliphatic rings. The van der Waals surface area contributed by atoms with Gasteiger partial charge >= 0.3 is 0 Å². The van der Waals surface area contributed by atoms with Gasteiger partial charge in [0.1, 0.15) is 0 Å². The van der Waals surface area contributed by atoms with Crippen LogP contribution in [0.3, 0.4) is 0 Å². The number of hydrogen-bond acceptors (Lipinski definition) is 5. The van der Waals surface area contributed by atoms with Crippen LogP contribution in [-0.2, 0) is 6.54 Å². The second-order valence-corrected chi connectivity index (χ2v) is 4.89. The van der Waals surface area contributed by atoms with Crippen LogP contribution in [0, 0.1) is 5.92 Å². The third-order valence-electron chi connectivity index (χ3n) is 3.47. The zero-order valence-corrected chi connectivity index (χ0v) is 10.9. The molecule has 1 aliphatic carbocycles. The molecule has 100 valence electrons. The van der Waals surface area contributed by atoms with E-state index in [1.165, 1.54) is 12.8 Å². The molecule has 1 heterocycles. The van der Waals surface area contributed by atoms with Crippen molar-refractivity contribution in [2.75, 3.05) is 12.8 Å². The summed E-state index contributed by atoms with van der Waals surface area (Å²) in [5.41, 5.74) is 7.35. The largest absolute Gasteiger partial charge is 0.494 e. The Morgan fingerprint density at radius 1 is 1.42 bits per heavy atom. The lowest BCUT2D eigenvalue weighted by Gasteiger charge is -2.10. The molecule has 0 bridgehead atoms.